The van der Waals surface area contributed by atoms with Gasteiger partial charge in [-0.1, -0.05) is 0 Å². The Kier molecular flexibility index (Phi) is 4.37. The SMILES string of the molecule is C[C@@H]1CN(Cc2cncc(-c3ccc(F)c(C(F)F)c3)n2)C(=O)O1. The zero-order valence-corrected chi connectivity index (χ0v) is 12.7. The summed E-state index contributed by atoms with van der Waals surface area (Å²) < 4.78 is 44.1. The molecule has 8 heteroatoms. The molecule has 1 aromatic heterocycles. The Bertz CT molecular complexity index is 770. The first-order chi connectivity index (χ1) is 11.4. The minimum absolute atomic E-state index is 0.195. The van der Waals surface area contributed by atoms with Gasteiger partial charge in [0, 0.05) is 5.56 Å². The van der Waals surface area contributed by atoms with Crippen LogP contribution in [0.4, 0.5) is 18.0 Å². The van der Waals surface area contributed by atoms with Gasteiger partial charge in [0.05, 0.1) is 42.4 Å². The van der Waals surface area contributed by atoms with Crippen LogP contribution in [0, 0.1) is 5.82 Å². The number of alkyl halides is 2. The fourth-order valence-electron chi connectivity index (χ4n) is 2.49. The summed E-state index contributed by atoms with van der Waals surface area (Å²) in [6.07, 6.45) is -0.661. The first kappa shape index (κ1) is 16.2. The van der Waals surface area contributed by atoms with Crippen LogP contribution in [0.3, 0.4) is 0 Å². The summed E-state index contributed by atoms with van der Waals surface area (Å²) in [5, 5.41) is 0. The first-order valence-electron chi connectivity index (χ1n) is 7.28. The van der Waals surface area contributed by atoms with Gasteiger partial charge in [0.2, 0.25) is 0 Å². The number of amides is 1. The number of hydrogen-bond acceptors (Lipinski definition) is 4. The first-order valence-corrected chi connectivity index (χ1v) is 7.28. The largest absolute Gasteiger partial charge is 0.444 e. The van der Waals surface area contributed by atoms with Crippen molar-refractivity contribution in [1.82, 2.24) is 14.9 Å². The number of ether oxygens (including phenoxy) is 1. The van der Waals surface area contributed by atoms with Gasteiger partial charge in [-0.25, -0.2) is 22.9 Å². The van der Waals surface area contributed by atoms with E-state index in [9.17, 15) is 18.0 Å². The zero-order valence-electron chi connectivity index (χ0n) is 12.7. The molecule has 2 heterocycles. The lowest BCUT2D eigenvalue weighted by atomic mass is 10.1. The average Bonchev–Trinajstić information content (AvgIpc) is 2.85. The lowest BCUT2D eigenvalue weighted by Gasteiger charge is -2.12. The smallest absolute Gasteiger partial charge is 0.410 e. The van der Waals surface area contributed by atoms with Gasteiger partial charge >= 0.3 is 6.09 Å². The summed E-state index contributed by atoms with van der Waals surface area (Å²) in [7, 11) is 0. The van der Waals surface area contributed by atoms with Gasteiger partial charge in [-0.05, 0) is 25.1 Å². The molecule has 1 aliphatic rings. The fraction of sp³-hybridized carbons (Fsp3) is 0.312. The van der Waals surface area contributed by atoms with Gasteiger partial charge < -0.3 is 4.74 Å². The molecule has 1 aromatic carbocycles. The molecule has 0 unspecified atom stereocenters. The number of carbonyl (C=O) groups is 1. The number of halogens is 3. The van der Waals surface area contributed by atoms with Crippen LogP contribution in [0.1, 0.15) is 24.6 Å². The van der Waals surface area contributed by atoms with Gasteiger partial charge in [0.1, 0.15) is 11.9 Å². The fourth-order valence-corrected chi connectivity index (χ4v) is 2.49. The maximum Gasteiger partial charge on any atom is 0.410 e. The third-order valence-electron chi connectivity index (χ3n) is 3.60. The molecule has 2 aromatic rings. The molecule has 1 atom stereocenters. The summed E-state index contributed by atoms with van der Waals surface area (Å²) in [6, 6.07) is 3.39. The molecule has 1 amide bonds. The Hall–Kier alpha value is -2.64. The predicted octanol–water partition coefficient (Wildman–Crippen LogP) is 3.56. The molecule has 1 aliphatic heterocycles. The standard InChI is InChI=1S/C16H14F3N3O2/c1-9-7-22(16(23)24-9)8-11-5-20-6-14(21-11)10-2-3-13(17)12(4-10)15(18)19/h2-6,9,15H,7-8H2,1H3/t9-/m1/s1. The van der Waals surface area contributed by atoms with Crippen molar-refractivity contribution in [3.63, 3.8) is 0 Å². The van der Waals surface area contributed by atoms with Crippen LogP contribution in [-0.4, -0.2) is 33.6 Å². The van der Waals surface area contributed by atoms with Crippen LogP contribution < -0.4 is 0 Å². The van der Waals surface area contributed by atoms with Gasteiger partial charge in [-0.15, -0.1) is 0 Å². The minimum Gasteiger partial charge on any atom is -0.444 e. The van der Waals surface area contributed by atoms with Crippen molar-refractivity contribution < 1.29 is 22.7 Å². The third-order valence-corrected chi connectivity index (χ3v) is 3.60. The molecule has 24 heavy (non-hydrogen) atoms. The number of cyclic esters (lactones) is 1. The van der Waals surface area contributed by atoms with Crippen molar-refractivity contribution in [2.24, 2.45) is 0 Å². The van der Waals surface area contributed by atoms with E-state index in [0.29, 0.717) is 23.5 Å². The minimum atomic E-state index is -2.91. The molecule has 5 nitrogen and oxygen atoms in total. The number of hydrogen-bond donors (Lipinski definition) is 0. The maximum atomic E-state index is 13.4. The van der Waals surface area contributed by atoms with E-state index in [0.717, 1.165) is 12.1 Å². The molecule has 1 saturated heterocycles. The Labute approximate surface area is 136 Å². The second-order valence-corrected chi connectivity index (χ2v) is 5.51. The molecule has 0 saturated carbocycles. The van der Waals surface area contributed by atoms with Crippen LogP contribution in [0.2, 0.25) is 0 Å². The molecular weight excluding hydrogens is 323 g/mol. The van der Waals surface area contributed by atoms with Crippen molar-refractivity contribution in [1.29, 1.82) is 0 Å². The van der Waals surface area contributed by atoms with E-state index in [1.807, 2.05) is 0 Å². The van der Waals surface area contributed by atoms with Gasteiger partial charge in [-0.2, -0.15) is 0 Å². The van der Waals surface area contributed by atoms with Gasteiger partial charge in [0.15, 0.2) is 0 Å². The van der Waals surface area contributed by atoms with Crippen LogP contribution >= 0.6 is 0 Å². The van der Waals surface area contributed by atoms with Gasteiger partial charge in [0.25, 0.3) is 6.43 Å². The Morgan fingerprint density at radius 1 is 1.38 bits per heavy atom. The van der Waals surface area contributed by atoms with Crippen molar-refractivity contribution in [3.05, 3.63) is 47.7 Å². The van der Waals surface area contributed by atoms with E-state index in [2.05, 4.69) is 9.97 Å². The Morgan fingerprint density at radius 3 is 2.83 bits per heavy atom. The topological polar surface area (TPSA) is 55.3 Å². The van der Waals surface area contributed by atoms with E-state index in [1.165, 1.54) is 23.4 Å². The lowest BCUT2D eigenvalue weighted by Crippen LogP contribution is -2.24. The van der Waals surface area contributed by atoms with Crippen molar-refractivity contribution in [2.75, 3.05) is 6.54 Å². The van der Waals surface area contributed by atoms with Crippen molar-refractivity contribution >= 4 is 6.09 Å². The summed E-state index contributed by atoms with van der Waals surface area (Å²) in [4.78, 5) is 21.4. The highest BCUT2D eigenvalue weighted by molar-refractivity contribution is 5.69. The summed E-state index contributed by atoms with van der Waals surface area (Å²) in [5.41, 5.74) is 0.464. The zero-order chi connectivity index (χ0) is 17.3. The number of benzene rings is 1. The highest BCUT2D eigenvalue weighted by atomic mass is 19.3. The van der Waals surface area contributed by atoms with Crippen LogP contribution in [0.25, 0.3) is 11.3 Å². The number of rotatable bonds is 4. The van der Waals surface area contributed by atoms with Crippen molar-refractivity contribution in [3.8, 4) is 11.3 Å². The normalized spacial score (nSPS) is 17.5. The number of carbonyl (C=O) groups excluding carboxylic acids is 1. The summed E-state index contributed by atoms with van der Waals surface area (Å²) in [5.74, 6) is -0.966. The monoisotopic (exact) mass is 337 g/mol. The lowest BCUT2D eigenvalue weighted by molar-refractivity contribution is 0.137. The molecule has 0 radical (unpaired) electrons. The molecule has 0 aliphatic carbocycles. The average molecular weight is 337 g/mol. The van der Waals surface area contributed by atoms with Gasteiger partial charge in [-0.3, -0.25) is 9.88 Å². The molecule has 0 bridgehead atoms. The van der Waals surface area contributed by atoms with E-state index >= 15 is 0 Å². The quantitative estimate of drug-likeness (QED) is 0.856. The number of aromatic nitrogens is 2. The van der Waals surface area contributed by atoms with Crippen molar-refractivity contribution in [2.45, 2.75) is 26.0 Å². The second-order valence-electron chi connectivity index (χ2n) is 5.51. The second kappa shape index (κ2) is 6.46. The van der Waals surface area contributed by atoms with E-state index in [1.54, 1.807) is 6.92 Å². The van der Waals surface area contributed by atoms with Crippen LogP contribution in [0.15, 0.2) is 30.6 Å². The highest BCUT2D eigenvalue weighted by Crippen LogP contribution is 2.27. The molecular formula is C16H14F3N3O2. The summed E-state index contributed by atoms with van der Waals surface area (Å²) >= 11 is 0. The molecule has 0 N–H and O–H groups in total. The molecule has 0 spiro atoms. The summed E-state index contributed by atoms with van der Waals surface area (Å²) in [6.45, 7) is 2.42. The van der Waals surface area contributed by atoms with E-state index in [-0.39, 0.29) is 12.6 Å². The molecule has 3 rings (SSSR count). The Balaban J connectivity index is 1.85. The maximum absolute atomic E-state index is 13.4. The highest BCUT2D eigenvalue weighted by Gasteiger charge is 2.28. The number of nitrogens with zero attached hydrogens (tertiary/aromatic N) is 3. The van der Waals surface area contributed by atoms with E-state index in [4.69, 9.17) is 4.74 Å². The van der Waals surface area contributed by atoms with Crippen LogP contribution in [0.5, 0.6) is 0 Å². The molecule has 1 fully saturated rings. The molecule has 126 valence electrons. The third kappa shape index (κ3) is 3.32. The van der Waals surface area contributed by atoms with E-state index < -0.39 is 23.9 Å². The predicted molar refractivity (Wildman–Crippen MR) is 78.7 cm³/mol. The Morgan fingerprint density at radius 2 is 2.17 bits per heavy atom. The van der Waals surface area contributed by atoms with Crippen LogP contribution in [-0.2, 0) is 11.3 Å².